The molecule has 8 rings (SSSR count). The number of hydrogen-bond donors (Lipinski definition) is 0. The summed E-state index contributed by atoms with van der Waals surface area (Å²) in [6.45, 7) is 0. The molecule has 182 valence electrons. The second-order valence-corrected chi connectivity index (χ2v) is 11.2. The highest BCUT2D eigenvalue weighted by Crippen LogP contribution is 2.49. The SMILES string of the molecule is c1ccc(-c2cccc3cccc(-c4ccccc4-c4ccc5c(c4)-c4cccc6cccc(c46)S5)c23)cc1. The molecular formula is C38H24S. The molecule has 0 nitrogen and oxygen atoms in total. The summed E-state index contributed by atoms with van der Waals surface area (Å²) in [6.07, 6.45) is 0. The van der Waals surface area contributed by atoms with Crippen LogP contribution in [0.3, 0.4) is 0 Å². The number of hydrogen-bond acceptors (Lipinski definition) is 1. The molecule has 0 unspecified atom stereocenters. The van der Waals surface area contributed by atoms with Crippen molar-refractivity contribution in [3.05, 3.63) is 146 Å². The van der Waals surface area contributed by atoms with Crippen molar-refractivity contribution >= 4 is 33.3 Å². The van der Waals surface area contributed by atoms with Gasteiger partial charge in [-0.25, -0.2) is 0 Å². The van der Waals surface area contributed by atoms with E-state index < -0.39 is 0 Å². The Labute approximate surface area is 232 Å². The molecular weight excluding hydrogens is 488 g/mol. The van der Waals surface area contributed by atoms with Crippen molar-refractivity contribution in [2.45, 2.75) is 9.79 Å². The first-order valence-electron chi connectivity index (χ1n) is 13.4. The molecule has 39 heavy (non-hydrogen) atoms. The zero-order valence-electron chi connectivity index (χ0n) is 21.3. The third kappa shape index (κ3) is 3.62. The van der Waals surface area contributed by atoms with Gasteiger partial charge in [-0.15, -0.1) is 0 Å². The maximum absolute atomic E-state index is 2.40. The van der Waals surface area contributed by atoms with Crippen LogP contribution in [0.25, 0.3) is 66.1 Å². The van der Waals surface area contributed by atoms with Gasteiger partial charge in [-0.3, -0.25) is 0 Å². The van der Waals surface area contributed by atoms with Gasteiger partial charge < -0.3 is 0 Å². The van der Waals surface area contributed by atoms with Crippen LogP contribution in [0.2, 0.25) is 0 Å². The molecule has 1 aliphatic heterocycles. The monoisotopic (exact) mass is 512 g/mol. The van der Waals surface area contributed by atoms with Crippen molar-refractivity contribution < 1.29 is 0 Å². The minimum Gasteiger partial charge on any atom is -0.0888 e. The van der Waals surface area contributed by atoms with Crippen molar-refractivity contribution in [3.8, 4) is 44.5 Å². The van der Waals surface area contributed by atoms with Crippen molar-refractivity contribution in [2.75, 3.05) is 0 Å². The van der Waals surface area contributed by atoms with Gasteiger partial charge >= 0.3 is 0 Å². The average molecular weight is 513 g/mol. The van der Waals surface area contributed by atoms with E-state index in [0.717, 1.165) is 0 Å². The van der Waals surface area contributed by atoms with E-state index in [1.54, 1.807) is 0 Å². The van der Waals surface area contributed by atoms with E-state index >= 15 is 0 Å². The minimum absolute atomic E-state index is 1.24. The first-order valence-corrected chi connectivity index (χ1v) is 14.2. The van der Waals surface area contributed by atoms with E-state index in [4.69, 9.17) is 0 Å². The Morgan fingerprint density at radius 1 is 0.308 bits per heavy atom. The number of benzene rings is 7. The van der Waals surface area contributed by atoms with Crippen LogP contribution in [0.4, 0.5) is 0 Å². The Morgan fingerprint density at radius 2 is 0.897 bits per heavy atom. The standard InChI is InChI=1S/C38H24S/c1-2-10-25(11-3-1)30-18-6-12-26-13-7-19-32(37(26)30)31-17-5-4-16-29(31)28-22-23-35-34(24-28)33-20-8-14-27-15-9-21-36(39-35)38(27)33/h1-24H. The number of rotatable bonds is 3. The molecule has 7 aromatic carbocycles. The van der Waals surface area contributed by atoms with Gasteiger partial charge in [-0.2, -0.15) is 0 Å². The third-order valence-corrected chi connectivity index (χ3v) is 9.01. The van der Waals surface area contributed by atoms with E-state index in [-0.39, 0.29) is 0 Å². The molecule has 7 aromatic rings. The van der Waals surface area contributed by atoms with Crippen LogP contribution in [0.5, 0.6) is 0 Å². The van der Waals surface area contributed by atoms with Gasteiger partial charge in [0, 0.05) is 15.2 Å². The molecule has 0 amide bonds. The predicted octanol–water partition coefficient (Wildman–Crippen LogP) is 11.1. The van der Waals surface area contributed by atoms with Crippen LogP contribution in [0, 0.1) is 0 Å². The molecule has 0 bridgehead atoms. The normalized spacial score (nSPS) is 12.0. The van der Waals surface area contributed by atoms with Gasteiger partial charge in [-0.05, 0) is 78.9 Å². The molecule has 0 aromatic heterocycles. The lowest BCUT2D eigenvalue weighted by atomic mass is 9.87. The van der Waals surface area contributed by atoms with Gasteiger partial charge in [0.25, 0.3) is 0 Å². The van der Waals surface area contributed by atoms with Crippen LogP contribution in [0.1, 0.15) is 0 Å². The fourth-order valence-electron chi connectivity index (χ4n) is 6.12. The molecule has 0 radical (unpaired) electrons. The highest BCUT2D eigenvalue weighted by Gasteiger charge is 2.20. The van der Waals surface area contributed by atoms with E-state index in [1.807, 2.05) is 11.8 Å². The van der Waals surface area contributed by atoms with E-state index in [9.17, 15) is 0 Å². The Balaban J connectivity index is 1.35. The van der Waals surface area contributed by atoms with E-state index in [2.05, 4.69) is 146 Å². The van der Waals surface area contributed by atoms with E-state index in [1.165, 1.54) is 75.8 Å². The quantitative estimate of drug-likeness (QED) is 0.227. The average Bonchev–Trinajstić information content (AvgIpc) is 3.01. The Hall–Kier alpha value is -4.59. The lowest BCUT2D eigenvalue weighted by molar-refractivity contribution is 1.39. The van der Waals surface area contributed by atoms with Crippen LogP contribution in [-0.4, -0.2) is 0 Å². The summed E-state index contributed by atoms with van der Waals surface area (Å²) in [5, 5.41) is 5.22. The summed E-state index contributed by atoms with van der Waals surface area (Å²) in [5.74, 6) is 0. The van der Waals surface area contributed by atoms with E-state index in [0.29, 0.717) is 0 Å². The minimum atomic E-state index is 1.24. The number of fused-ring (bicyclic) bond motifs is 3. The van der Waals surface area contributed by atoms with Crippen LogP contribution in [-0.2, 0) is 0 Å². The Kier molecular flexibility index (Phi) is 5.17. The maximum atomic E-state index is 2.40. The lowest BCUT2D eigenvalue weighted by Gasteiger charge is -2.22. The first kappa shape index (κ1) is 22.4. The third-order valence-electron chi connectivity index (χ3n) is 7.87. The van der Waals surface area contributed by atoms with Gasteiger partial charge in [-0.1, -0.05) is 139 Å². The van der Waals surface area contributed by atoms with Gasteiger partial charge in [0.2, 0.25) is 0 Å². The molecule has 1 aliphatic rings. The van der Waals surface area contributed by atoms with Gasteiger partial charge in [0.1, 0.15) is 0 Å². The molecule has 0 N–H and O–H groups in total. The summed E-state index contributed by atoms with van der Waals surface area (Å²) in [5.41, 5.74) is 10.2. The molecule has 0 fully saturated rings. The second kappa shape index (κ2) is 9.01. The molecule has 0 spiro atoms. The summed E-state index contributed by atoms with van der Waals surface area (Å²) in [4.78, 5) is 2.66. The van der Waals surface area contributed by atoms with Crippen LogP contribution >= 0.6 is 11.8 Å². The fourth-order valence-corrected chi connectivity index (χ4v) is 7.25. The molecule has 1 heteroatoms. The van der Waals surface area contributed by atoms with Crippen LogP contribution in [0.15, 0.2) is 155 Å². The van der Waals surface area contributed by atoms with Gasteiger partial charge in [0.15, 0.2) is 0 Å². The summed E-state index contributed by atoms with van der Waals surface area (Å²) in [7, 11) is 0. The van der Waals surface area contributed by atoms with Crippen molar-refractivity contribution in [1.82, 2.24) is 0 Å². The topological polar surface area (TPSA) is 0 Å². The summed E-state index contributed by atoms with van der Waals surface area (Å²) >= 11 is 1.88. The molecule has 1 heterocycles. The molecule has 0 atom stereocenters. The summed E-state index contributed by atoms with van der Waals surface area (Å²) < 4.78 is 0. The molecule has 0 saturated carbocycles. The largest absolute Gasteiger partial charge is 0.0888 e. The zero-order valence-corrected chi connectivity index (χ0v) is 22.1. The van der Waals surface area contributed by atoms with Crippen molar-refractivity contribution in [1.29, 1.82) is 0 Å². The Bertz CT molecular complexity index is 2020. The summed E-state index contributed by atoms with van der Waals surface area (Å²) in [6, 6.07) is 53.2. The first-order chi connectivity index (χ1) is 19.3. The maximum Gasteiger partial charge on any atom is 0.0207 e. The second-order valence-electron chi connectivity index (χ2n) is 10.1. The Morgan fingerprint density at radius 3 is 1.67 bits per heavy atom. The zero-order chi connectivity index (χ0) is 25.8. The smallest absolute Gasteiger partial charge is 0.0207 e. The van der Waals surface area contributed by atoms with Crippen molar-refractivity contribution in [2.24, 2.45) is 0 Å². The molecule has 0 saturated heterocycles. The fraction of sp³-hybridized carbons (Fsp3) is 0. The highest BCUT2D eigenvalue weighted by molar-refractivity contribution is 7.99. The van der Waals surface area contributed by atoms with Crippen molar-refractivity contribution in [3.63, 3.8) is 0 Å². The van der Waals surface area contributed by atoms with Gasteiger partial charge in [0.05, 0.1) is 0 Å². The highest BCUT2D eigenvalue weighted by atomic mass is 32.2. The predicted molar refractivity (Wildman–Crippen MR) is 167 cm³/mol. The lowest BCUT2D eigenvalue weighted by Crippen LogP contribution is -1.94. The molecule has 0 aliphatic carbocycles. The van der Waals surface area contributed by atoms with Crippen LogP contribution < -0.4 is 0 Å².